The van der Waals surface area contributed by atoms with Crippen molar-refractivity contribution in [2.24, 2.45) is 4.99 Å². The highest BCUT2D eigenvalue weighted by atomic mass is 79.9. The molecule has 0 aromatic heterocycles. The molecule has 3 aromatic carbocycles. The average molecular weight is 478 g/mol. The molecule has 1 aliphatic rings. The van der Waals surface area contributed by atoms with Crippen molar-refractivity contribution >= 4 is 39.8 Å². The van der Waals surface area contributed by atoms with Crippen LogP contribution < -0.4 is 9.47 Å². The van der Waals surface area contributed by atoms with Crippen molar-refractivity contribution in [2.45, 2.75) is 0 Å². The zero-order chi connectivity index (χ0) is 21.8. The third kappa shape index (κ3) is 4.73. The van der Waals surface area contributed by atoms with E-state index in [1.807, 2.05) is 30.3 Å². The second kappa shape index (κ2) is 8.97. The van der Waals surface area contributed by atoms with Crippen LogP contribution in [-0.4, -0.2) is 24.9 Å². The van der Waals surface area contributed by atoms with E-state index in [9.17, 15) is 9.59 Å². The molecule has 0 aliphatic carbocycles. The molecule has 6 nitrogen and oxygen atoms in total. The normalized spacial score (nSPS) is 14.2. The Morgan fingerprint density at radius 1 is 1.03 bits per heavy atom. The second-order valence-corrected chi connectivity index (χ2v) is 7.37. The van der Waals surface area contributed by atoms with Crippen molar-refractivity contribution in [3.05, 3.63) is 99.7 Å². The predicted octanol–water partition coefficient (Wildman–Crippen LogP) is 5.02. The van der Waals surface area contributed by atoms with Gasteiger partial charge < -0.3 is 14.2 Å². The maximum atomic E-state index is 12.4. The summed E-state index contributed by atoms with van der Waals surface area (Å²) in [7, 11) is 1.53. The van der Waals surface area contributed by atoms with Gasteiger partial charge in [-0.2, -0.15) is 0 Å². The zero-order valence-electron chi connectivity index (χ0n) is 16.4. The number of methoxy groups -OCH3 is 1. The Kier molecular flexibility index (Phi) is 5.95. The molecule has 1 heterocycles. The minimum atomic E-state index is -0.525. The largest absolute Gasteiger partial charge is 0.497 e. The first-order valence-corrected chi connectivity index (χ1v) is 10.1. The van der Waals surface area contributed by atoms with Gasteiger partial charge in [-0.3, -0.25) is 0 Å². The molecular formula is C24H16BrNO5. The van der Waals surface area contributed by atoms with Gasteiger partial charge in [-0.15, -0.1) is 0 Å². The number of carbonyl (C=O) groups is 2. The van der Waals surface area contributed by atoms with Crippen LogP contribution in [0.5, 0.6) is 11.5 Å². The summed E-state index contributed by atoms with van der Waals surface area (Å²) in [6.07, 6.45) is 1.61. The van der Waals surface area contributed by atoms with Crippen LogP contribution in [0.3, 0.4) is 0 Å². The highest BCUT2D eigenvalue weighted by molar-refractivity contribution is 9.10. The van der Waals surface area contributed by atoms with Gasteiger partial charge in [-0.05, 0) is 70.0 Å². The average Bonchev–Trinajstić information content (AvgIpc) is 3.16. The first-order chi connectivity index (χ1) is 15.0. The summed E-state index contributed by atoms with van der Waals surface area (Å²) in [5.74, 6) is 0.136. The van der Waals surface area contributed by atoms with Gasteiger partial charge in [-0.25, -0.2) is 14.6 Å². The van der Waals surface area contributed by atoms with Crippen LogP contribution in [0.2, 0.25) is 0 Å². The third-order valence-electron chi connectivity index (χ3n) is 4.41. The van der Waals surface area contributed by atoms with Crippen molar-refractivity contribution in [2.75, 3.05) is 7.11 Å². The minimum absolute atomic E-state index is 0.187. The Morgan fingerprint density at radius 2 is 1.84 bits per heavy atom. The molecule has 0 spiro atoms. The molecule has 0 radical (unpaired) electrons. The van der Waals surface area contributed by atoms with E-state index in [1.54, 1.807) is 48.5 Å². The number of halogens is 1. The Labute approximate surface area is 186 Å². The molecule has 154 valence electrons. The van der Waals surface area contributed by atoms with Gasteiger partial charge in [0, 0.05) is 5.56 Å². The number of hydrogen-bond donors (Lipinski definition) is 0. The number of aliphatic imine (C=N–C) groups is 1. The van der Waals surface area contributed by atoms with E-state index in [1.165, 1.54) is 7.11 Å². The lowest BCUT2D eigenvalue weighted by Crippen LogP contribution is -2.09. The summed E-state index contributed by atoms with van der Waals surface area (Å²) in [4.78, 5) is 28.9. The molecule has 0 atom stereocenters. The Hall–Kier alpha value is -3.71. The van der Waals surface area contributed by atoms with Gasteiger partial charge in [0.05, 0.1) is 17.1 Å². The second-order valence-electron chi connectivity index (χ2n) is 6.51. The smallest absolute Gasteiger partial charge is 0.363 e. The molecule has 1 aliphatic heterocycles. The van der Waals surface area contributed by atoms with Gasteiger partial charge in [0.1, 0.15) is 11.5 Å². The summed E-state index contributed by atoms with van der Waals surface area (Å²) >= 11 is 3.41. The standard InChI is InChI=1S/C24H16BrNO5/c1-29-18-9-5-8-17(14-18)23(27)30-21-11-10-15(12-19(21)25)13-20-24(28)31-22(26-20)16-6-3-2-4-7-16/h2-14H,1H3. The van der Waals surface area contributed by atoms with Crippen LogP contribution in [0.1, 0.15) is 21.5 Å². The van der Waals surface area contributed by atoms with Crippen LogP contribution in [0.4, 0.5) is 0 Å². The Bertz CT molecular complexity index is 1220. The molecule has 4 rings (SSSR count). The van der Waals surface area contributed by atoms with E-state index in [0.717, 1.165) is 5.56 Å². The molecule has 0 unspecified atom stereocenters. The molecule has 0 amide bonds. The van der Waals surface area contributed by atoms with Crippen LogP contribution >= 0.6 is 15.9 Å². The van der Waals surface area contributed by atoms with Gasteiger partial charge in [0.15, 0.2) is 5.70 Å². The number of rotatable bonds is 5. The number of carbonyl (C=O) groups excluding carboxylic acids is 2. The summed E-state index contributed by atoms with van der Waals surface area (Å²) < 4.78 is 16.4. The van der Waals surface area contributed by atoms with Crippen molar-refractivity contribution in [3.8, 4) is 11.5 Å². The molecule has 7 heteroatoms. The molecule has 0 saturated carbocycles. The number of hydrogen-bond acceptors (Lipinski definition) is 6. The molecular weight excluding hydrogens is 462 g/mol. The quantitative estimate of drug-likeness (QED) is 0.293. The number of cyclic esters (lactones) is 1. The maximum Gasteiger partial charge on any atom is 0.363 e. The number of benzene rings is 3. The maximum absolute atomic E-state index is 12.4. The molecule has 31 heavy (non-hydrogen) atoms. The van der Waals surface area contributed by atoms with Crippen molar-refractivity contribution in [1.29, 1.82) is 0 Å². The lowest BCUT2D eigenvalue weighted by molar-refractivity contribution is -0.129. The van der Waals surface area contributed by atoms with E-state index in [-0.39, 0.29) is 11.6 Å². The molecule has 0 fully saturated rings. The third-order valence-corrected chi connectivity index (χ3v) is 5.03. The molecule has 0 bridgehead atoms. The molecule has 3 aromatic rings. The highest BCUT2D eigenvalue weighted by Gasteiger charge is 2.24. The minimum Gasteiger partial charge on any atom is -0.497 e. The van der Waals surface area contributed by atoms with E-state index >= 15 is 0 Å². The lowest BCUT2D eigenvalue weighted by Gasteiger charge is -2.08. The molecule has 0 saturated heterocycles. The number of nitrogens with zero attached hydrogens (tertiary/aromatic N) is 1. The predicted molar refractivity (Wildman–Crippen MR) is 119 cm³/mol. The van der Waals surface area contributed by atoms with Crippen molar-refractivity contribution in [3.63, 3.8) is 0 Å². The first-order valence-electron chi connectivity index (χ1n) is 9.27. The Morgan fingerprint density at radius 3 is 2.58 bits per heavy atom. The van der Waals surface area contributed by atoms with Gasteiger partial charge in [-0.1, -0.05) is 30.3 Å². The van der Waals surface area contributed by atoms with Crippen LogP contribution in [0.15, 0.2) is 88.0 Å². The zero-order valence-corrected chi connectivity index (χ0v) is 18.0. The van der Waals surface area contributed by atoms with Gasteiger partial charge >= 0.3 is 11.9 Å². The van der Waals surface area contributed by atoms with E-state index in [0.29, 0.717) is 27.1 Å². The summed E-state index contributed by atoms with van der Waals surface area (Å²) in [6.45, 7) is 0. The number of ether oxygens (including phenoxy) is 3. The van der Waals surface area contributed by atoms with E-state index < -0.39 is 11.9 Å². The van der Waals surface area contributed by atoms with Crippen molar-refractivity contribution in [1.82, 2.24) is 0 Å². The summed E-state index contributed by atoms with van der Waals surface area (Å²) in [5.41, 5.74) is 1.97. The highest BCUT2D eigenvalue weighted by Crippen LogP contribution is 2.29. The van der Waals surface area contributed by atoms with Crippen LogP contribution in [-0.2, 0) is 9.53 Å². The summed E-state index contributed by atoms with van der Waals surface area (Å²) in [6, 6.07) is 21.0. The monoisotopic (exact) mass is 477 g/mol. The number of esters is 2. The van der Waals surface area contributed by atoms with Gasteiger partial charge in [0.25, 0.3) is 0 Å². The summed E-state index contributed by atoms with van der Waals surface area (Å²) in [5, 5.41) is 0. The fraction of sp³-hybridized carbons (Fsp3) is 0.0417. The van der Waals surface area contributed by atoms with Gasteiger partial charge in [0.2, 0.25) is 5.90 Å². The van der Waals surface area contributed by atoms with E-state index in [4.69, 9.17) is 14.2 Å². The van der Waals surface area contributed by atoms with E-state index in [2.05, 4.69) is 20.9 Å². The SMILES string of the molecule is COc1cccc(C(=O)Oc2ccc(C=C3N=C(c4ccccc4)OC3=O)cc2Br)c1. The van der Waals surface area contributed by atoms with Crippen LogP contribution in [0.25, 0.3) is 6.08 Å². The van der Waals surface area contributed by atoms with Crippen molar-refractivity contribution < 1.29 is 23.8 Å². The molecule has 0 N–H and O–H groups in total. The fourth-order valence-electron chi connectivity index (χ4n) is 2.87. The fourth-order valence-corrected chi connectivity index (χ4v) is 3.35. The lowest BCUT2D eigenvalue weighted by atomic mass is 10.2. The topological polar surface area (TPSA) is 74.2 Å². The Balaban J connectivity index is 1.53. The first kappa shape index (κ1) is 20.6. The van der Waals surface area contributed by atoms with Crippen LogP contribution in [0, 0.1) is 0 Å².